The van der Waals surface area contributed by atoms with Crippen molar-refractivity contribution >= 4 is 29.1 Å². The summed E-state index contributed by atoms with van der Waals surface area (Å²) in [6.45, 7) is 1.26. The summed E-state index contributed by atoms with van der Waals surface area (Å²) >= 11 is 6.28. The number of amides is 1. The van der Waals surface area contributed by atoms with Crippen LogP contribution in [0.4, 0.5) is 29.1 Å². The summed E-state index contributed by atoms with van der Waals surface area (Å²) in [4.78, 5) is 17.7. The Labute approximate surface area is 190 Å². The van der Waals surface area contributed by atoms with Crippen molar-refractivity contribution in [2.45, 2.75) is 13.1 Å². The minimum absolute atomic E-state index is 0.103. The molecule has 0 aliphatic rings. The number of aromatic nitrogens is 2. The predicted molar refractivity (Wildman–Crippen MR) is 114 cm³/mol. The number of hydrogen-bond donors (Lipinski definition) is 0. The molecule has 2 aromatic heterocycles. The Balaban J connectivity index is 2.02. The van der Waals surface area contributed by atoms with Crippen LogP contribution in [0.15, 0.2) is 71.5 Å². The molecule has 4 aromatic rings. The van der Waals surface area contributed by atoms with E-state index in [1.54, 1.807) is 24.3 Å². The molecule has 5 nitrogen and oxygen atoms in total. The fourth-order valence-electron chi connectivity index (χ4n) is 3.39. The van der Waals surface area contributed by atoms with Gasteiger partial charge >= 0.3 is 6.18 Å². The molecule has 2 aromatic carbocycles. The lowest BCUT2D eigenvalue weighted by molar-refractivity contribution is -0.139. The van der Waals surface area contributed by atoms with Gasteiger partial charge in [0.1, 0.15) is 11.5 Å². The molecule has 0 saturated heterocycles. The zero-order chi connectivity index (χ0) is 23.8. The number of carbonyl (C=O) groups excluding carboxylic acids is 1. The molecule has 1 amide bonds. The number of anilines is 2. The number of alkyl halides is 3. The van der Waals surface area contributed by atoms with E-state index in [1.807, 2.05) is 0 Å². The Bertz CT molecular complexity index is 1320. The van der Waals surface area contributed by atoms with Crippen molar-refractivity contribution in [2.24, 2.45) is 0 Å². The smallest absolute Gasteiger partial charge is 0.336 e. The van der Waals surface area contributed by atoms with E-state index in [1.165, 1.54) is 31.5 Å². The molecule has 10 heteroatoms. The van der Waals surface area contributed by atoms with Crippen molar-refractivity contribution in [3.63, 3.8) is 0 Å². The number of hydrogen-bond acceptors (Lipinski definition) is 4. The molecule has 0 N–H and O–H groups in total. The number of rotatable bonds is 4. The van der Waals surface area contributed by atoms with Crippen molar-refractivity contribution in [3.8, 4) is 22.4 Å². The van der Waals surface area contributed by atoms with Crippen LogP contribution in [0.25, 0.3) is 22.4 Å². The van der Waals surface area contributed by atoms with E-state index >= 15 is 0 Å². The van der Waals surface area contributed by atoms with Crippen molar-refractivity contribution in [1.29, 1.82) is 0 Å². The largest absolute Gasteiger partial charge is 0.419 e. The maximum absolute atomic E-state index is 15.0. The summed E-state index contributed by atoms with van der Waals surface area (Å²) in [7, 11) is 0. The molecule has 33 heavy (non-hydrogen) atoms. The Hall–Kier alpha value is -3.72. The normalized spacial score (nSPS) is 11.5. The number of nitrogens with zero attached hydrogens (tertiary/aromatic N) is 3. The van der Waals surface area contributed by atoms with E-state index in [0.29, 0.717) is 11.6 Å². The zero-order valence-corrected chi connectivity index (χ0v) is 17.7. The SMILES string of the molecule is CC(=O)N(c1ccccc1Cl)c1onc(-c2cccc(C(F)(F)F)c2F)c1-c1ccncc1. The molecule has 0 spiro atoms. The highest BCUT2D eigenvalue weighted by molar-refractivity contribution is 6.34. The lowest BCUT2D eigenvalue weighted by atomic mass is 9.99. The predicted octanol–water partition coefficient (Wildman–Crippen LogP) is 6.90. The van der Waals surface area contributed by atoms with Crippen LogP contribution >= 0.6 is 11.6 Å². The van der Waals surface area contributed by atoms with Crippen LogP contribution in [-0.4, -0.2) is 16.0 Å². The highest BCUT2D eigenvalue weighted by Gasteiger charge is 2.37. The molecule has 4 rings (SSSR count). The molecular weight excluding hydrogens is 462 g/mol. The lowest BCUT2D eigenvalue weighted by Crippen LogP contribution is -2.23. The molecule has 2 heterocycles. The Morgan fingerprint density at radius 3 is 2.36 bits per heavy atom. The first-order valence-corrected chi connectivity index (χ1v) is 9.89. The fraction of sp³-hybridized carbons (Fsp3) is 0.0870. The van der Waals surface area contributed by atoms with Crippen LogP contribution in [0.2, 0.25) is 5.02 Å². The van der Waals surface area contributed by atoms with Gasteiger partial charge in [0.05, 0.1) is 21.8 Å². The quantitative estimate of drug-likeness (QED) is 0.301. The average molecular weight is 476 g/mol. The van der Waals surface area contributed by atoms with E-state index in [9.17, 15) is 22.4 Å². The summed E-state index contributed by atoms with van der Waals surface area (Å²) in [5.41, 5.74) is -1.33. The summed E-state index contributed by atoms with van der Waals surface area (Å²) in [5.74, 6) is -2.15. The first kappa shape index (κ1) is 22.5. The van der Waals surface area contributed by atoms with Gasteiger partial charge in [-0.1, -0.05) is 35.0 Å². The number of para-hydroxylation sites is 1. The second-order valence-electron chi connectivity index (χ2n) is 6.92. The molecule has 0 saturated carbocycles. The van der Waals surface area contributed by atoms with Gasteiger partial charge in [-0.15, -0.1) is 0 Å². The van der Waals surface area contributed by atoms with E-state index in [-0.39, 0.29) is 27.9 Å². The Morgan fingerprint density at radius 2 is 1.73 bits per heavy atom. The highest BCUT2D eigenvalue weighted by atomic mass is 35.5. The molecule has 0 fully saturated rings. The first-order chi connectivity index (χ1) is 15.7. The van der Waals surface area contributed by atoms with E-state index in [0.717, 1.165) is 17.0 Å². The lowest BCUT2D eigenvalue weighted by Gasteiger charge is -2.20. The molecule has 0 bridgehead atoms. The molecule has 0 aliphatic carbocycles. The summed E-state index contributed by atoms with van der Waals surface area (Å²) in [6.07, 6.45) is -2.04. The van der Waals surface area contributed by atoms with Crippen LogP contribution in [0.5, 0.6) is 0 Å². The van der Waals surface area contributed by atoms with Gasteiger partial charge < -0.3 is 4.52 Å². The van der Waals surface area contributed by atoms with Gasteiger partial charge in [0.25, 0.3) is 0 Å². The number of halogens is 5. The van der Waals surface area contributed by atoms with Gasteiger partial charge in [-0.3, -0.25) is 9.78 Å². The van der Waals surface area contributed by atoms with Gasteiger partial charge in [-0.25, -0.2) is 9.29 Å². The van der Waals surface area contributed by atoms with Gasteiger partial charge in [0.15, 0.2) is 0 Å². The third kappa shape index (κ3) is 4.19. The highest BCUT2D eigenvalue weighted by Crippen LogP contribution is 2.45. The third-order valence-corrected chi connectivity index (χ3v) is 5.13. The minimum Gasteiger partial charge on any atom is -0.336 e. The van der Waals surface area contributed by atoms with Gasteiger partial charge in [-0.05, 0) is 42.0 Å². The Kier molecular flexibility index (Phi) is 5.90. The summed E-state index contributed by atoms with van der Waals surface area (Å²) < 4.78 is 60.4. The topological polar surface area (TPSA) is 59.2 Å². The molecule has 0 unspecified atom stereocenters. The summed E-state index contributed by atoms with van der Waals surface area (Å²) in [5, 5.41) is 4.08. The fourth-order valence-corrected chi connectivity index (χ4v) is 3.61. The van der Waals surface area contributed by atoms with E-state index in [4.69, 9.17) is 16.1 Å². The average Bonchev–Trinajstić information content (AvgIpc) is 3.19. The number of carbonyl (C=O) groups is 1. The molecule has 0 radical (unpaired) electrons. The third-order valence-electron chi connectivity index (χ3n) is 4.81. The van der Waals surface area contributed by atoms with Gasteiger partial charge in [0.2, 0.25) is 11.8 Å². The van der Waals surface area contributed by atoms with Crippen LogP contribution < -0.4 is 4.90 Å². The van der Waals surface area contributed by atoms with Gasteiger partial charge in [0, 0.05) is 24.9 Å². The van der Waals surface area contributed by atoms with E-state index < -0.39 is 29.0 Å². The maximum Gasteiger partial charge on any atom is 0.419 e. The molecule has 0 atom stereocenters. The van der Waals surface area contributed by atoms with Crippen LogP contribution in [0.1, 0.15) is 12.5 Å². The van der Waals surface area contributed by atoms with Crippen LogP contribution in [0.3, 0.4) is 0 Å². The monoisotopic (exact) mass is 475 g/mol. The second kappa shape index (κ2) is 8.67. The maximum atomic E-state index is 15.0. The van der Waals surface area contributed by atoms with Crippen LogP contribution in [0, 0.1) is 5.82 Å². The van der Waals surface area contributed by atoms with E-state index in [2.05, 4.69) is 10.1 Å². The molecular formula is C23H14ClF4N3O2. The van der Waals surface area contributed by atoms with Crippen molar-refractivity contribution in [3.05, 3.63) is 83.4 Å². The molecule has 168 valence electrons. The van der Waals surface area contributed by atoms with Gasteiger partial charge in [-0.2, -0.15) is 13.2 Å². The standard InChI is InChI=1S/C23H14ClF4N3O2/c1-13(32)31(18-8-3-2-7-17(18)24)22-19(14-9-11-29-12-10-14)21(30-33-22)15-5-4-6-16(20(15)25)23(26,27)28/h2-12H,1H3. The van der Waals surface area contributed by atoms with Crippen molar-refractivity contribution in [1.82, 2.24) is 10.1 Å². The second-order valence-corrected chi connectivity index (χ2v) is 7.33. The number of pyridine rings is 1. The van der Waals surface area contributed by atoms with Crippen molar-refractivity contribution < 1.29 is 26.9 Å². The minimum atomic E-state index is -4.91. The number of benzene rings is 2. The molecule has 0 aliphatic heterocycles. The van der Waals surface area contributed by atoms with Crippen LogP contribution in [-0.2, 0) is 11.0 Å². The van der Waals surface area contributed by atoms with Crippen molar-refractivity contribution in [2.75, 3.05) is 4.90 Å². The Morgan fingerprint density at radius 1 is 1.03 bits per heavy atom. The first-order valence-electron chi connectivity index (χ1n) is 9.51. The summed E-state index contributed by atoms with van der Waals surface area (Å²) in [6, 6.07) is 12.4. The zero-order valence-electron chi connectivity index (χ0n) is 16.9.